The molecule has 1 heterocycles. The van der Waals surface area contributed by atoms with Crippen LogP contribution in [0.1, 0.15) is 10.4 Å². The molecule has 2 amide bonds. The maximum Gasteiger partial charge on any atom is 0.283 e. The number of hydrogen-bond donors (Lipinski definition) is 2. The molecule has 0 aliphatic carbocycles. The van der Waals surface area contributed by atoms with Crippen molar-refractivity contribution in [2.45, 2.75) is 6.54 Å². The Morgan fingerprint density at radius 1 is 1.10 bits per heavy atom. The van der Waals surface area contributed by atoms with Gasteiger partial charge >= 0.3 is 0 Å². The number of amides is 2. The van der Waals surface area contributed by atoms with E-state index in [0.717, 1.165) is 5.69 Å². The molecule has 2 rings (SSSR count). The van der Waals surface area contributed by atoms with E-state index < -0.39 is 5.91 Å². The molecule has 1 aromatic carbocycles. The lowest BCUT2D eigenvalue weighted by atomic mass is 10.2. The number of nitrogens with zero attached hydrogens (tertiary/aromatic N) is 1. The fraction of sp³-hybridized carbons (Fsp3) is 0.0714. The summed E-state index contributed by atoms with van der Waals surface area (Å²) in [6.07, 6.45) is 3.27. The molecule has 0 atom stereocenters. The number of aromatic nitrogens is 1. The fourth-order valence-electron chi connectivity index (χ4n) is 1.66. The maximum atomic E-state index is 12.0. The van der Waals surface area contributed by atoms with Gasteiger partial charge in [0, 0.05) is 11.8 Å². The zero-order valence-corrected chi connectivity index (χ0v) is 12.8. The zero-order valence-electron chi connectivity index (χ0n) is 10.6. The molecule has 0 saturated heterocycles. The van der Waals surface area contributed by atoms with Gasteiger partial charge in [0.05, 0.1) is 0 Å². The van der Waals surface area contributed by atoms with E-state index in [0.29, 0.717) is 5.56 Å². The molecule has 1 aromatic heterocycles. The molecule has 0 unspecified atom stereocenters. The van der Waals surface area contributed by atoms with Crippen molar-refractivity contribution in [2.24, 2.45) is 5.73 Å². The number of carbonyl (C=O) groups is 2. The van der Waals surface area contributed by atoms with Crippen molar-refractivity contribution in [1.29, 1.82) is 0 Å². The van der Waals surface area contributed by atoms with Crippen LogP contribution >= 0.6 is 0 Å². The van der Waals surface area contributed by atoms with Crippen LogP contribution in [-0.2, 0) is 11.3 Å². The smallest absolute Gasteiger partial charge is 0.283 e. The Morgan fingerprint density at radius 2 is 1.80 bits per heavy atom. The van der Waals surface area contributed by atoms with Gasteiger partial charge in [0.2, 0.25) is 6.54 Å². The van der Waals surface area contributed by atoms with E-state index in [2.05, 4.69) is 5.32 Å². The minimum atomic E-state index is -0.453. The third kappa shape index (κ3) is 4.61. The summed E-state index contributed by atoms with van der Waals surface area (Å²) in [7, 11) is 0. The van der Waals surface area contributed by atoms with Crippen molar-refractivity contribution in [1.82, 2.24) is 0 Å². The normalized spacial score (nSPS) is 9.40. The summed E-state index contributed by atoms with van der Waals surface area (Å²) in [5.41, 5.74) is 6.30. The molecule has 20 heavy (non-hydrogen) atoms. The van der Waals surface area contributed by atoms with Crippen LogP contribution in [0.15, 0.2) is 54.9 Å². The average molecular weight is 383 g/mol. The van der Waals surface area contributed by atoms with Gasteiger partial charge in [-0.3, -0.25) is 9.59 Å². The van der Waals surface area contributed by atoms with Crippen LogP contribution in [0.4, 0.5) is 5.69 Å². The molecule has 0 saturated carbocycles. The third-order valence-corrected chi connectivity index (χ3v) is 2.49. The Kier molecular flexibility index (Phi) is 6.10. The van der Waals surface area contributed by atoms with Crippen molar-refractivity contribution in [2.75, 3.05) is 5.32 Å². The van der Waals surface area contributed by atoms with E-state index in [-0.39, 0.29) is 36.4 Å². The molecule has 0 spiro atoms. The summed E-state index contributed by atoms with van der Waals surface area (Å²) in [5, 5.41) is 2.77. The van der Waals surface area contributed by atoms with Crippen LogP contribution < -0.4 is 39.6 Å². The van der Waals surface area contributed by atoms with E-state index in [1.165, 1.54) is 0 Å². The number of nitrogens with two attached hydrogens (primary N) is 1. The van der Waals surface area contributed by atoms with Crippen molar-refractivity contribution >= 4 is 17.5 Å². The third-order valence-electron chi connectivity index (χ3n) is 2.49. The minimum Gasteiger partial charge on any atom is -1.00 e. The van der Waals surface area contributed by atoms with E-state index in [4.69, 9.17) is 5.73 Å². The second kappa shape index (κ2) is 7.59. The monoisotopic (exact) mass is 383 g/mol. The number of primary amides is 1. The number of pyridine rings is 1. The Morgan fingerprint density at radius 3 is 2.45 bits per heavy atom. The summed E-state index contributed by atoms with van der Waals surface area (Å²) >= 11 is 0. The van der Waals surface area contributed by atoms with Crippen LogP contribution in [0.3, 0.4) is 0 Å². The molecule has 5 nitrogen and oxygen atoms in total. The van der Waals surface area contributed by atoms with Crippen LogP contribution in [-0.4, -0.2) is 11.8 Å². The lowest BCUT2D eigenvalue weighted by Gasteiger charge is -2.03. The molecule has 2 aromatic rings. The quantitative estimate of drug-likeness (QED) is 0.461. The number of anilines is 1. The predicted octanol–water partition coefficient (Wildman–Crippen LogP) is -2.28. The highest BCUT2D eigenvalue weighted by molar-refractivity contribution is 6.03. The van der Waals surface area contributed by atoms with Gasteiger partial charge in [0.25, 0.3) is 11.8 Å². The van der Waals surface area contributed by atoms with Gasteiger partial charge < -0.3 is 35.0 Å². The average Bonchev–Trinajstić information content (AvgIpc) is 2.39. The number of nitrogens with one attached hydrogen (secondary N) is 1. The van der Waals surface area contributed by atoms with Crippen molar-refractivity contribution in [3.05, 3.63) is 60.4 Å². The molecule has 0 radical (unpaired) electrons. The Labute approximate surface area is 133 Å². The number of carbonyl (C=O) groups excluding carboxylic acids is 2. The van der Waals surface area contributed by atoms with Gasteiger partial charge in [-0.05, 0) is 18.2 Å². The largest absolute Gasteiger partial charge is 1.00 e. The molecular weight excluding hydrogens is 369 g/mol. The Bertz CT molecular complexity index is 602. The van der Waals surface area contributed by atoms with Crippen molar-refractivity contribution < 1.29 is 38.1 Å². The van der Waals surface area contributed by atoms with Crippen LogP contribution in [0.5, 0.6) is 0 Å². The number of benzene rings is 1. The topological polar surface area (TPSA) is 76.1 Å². The molecule has 3 N–H and O–H groups in total. The first-order valence-electron chi connectivity index (χ1n) is 5.79. The van der Waals surface area contributed by atoms with E-state index in [1.807, 2.05) is 18.2 Å². The van der Waals surface area contributed by atoms with Gasteiger partial charge in [-0.1, -0.05) is 18.2 Å². The highest BCUT2D eigenvalue weighted by Crippen LogP contribution is 2.07. The first-order chi connectivity index (χ1) is 9.15. The molecule has 0 fully saturated rings. The molecule has 6 heteroatoms. The van der Waals surface area contributed by atoms with Crippen LogP contribution in [0.2, 0.25) is 0 Å². The SMILES string of the molecule is NC(=O)C[n+]1cccc(C(=O)Nc2ccccc2)c1.[I-]. The van der Waals surface area contributed by atoms with Gasteiger partial charge in [0.15, 0.2) is 12.4 Å². The van der Waals surface area contributed by atoms with E-state index in [1.54, 1.807) is 41.2 Å². The molecule has 0 aliphatic heterocycles. The predicted molar refractivity (Wildman–Crippen MR) is 70.2 cm³/mol. The standard InChI is InChI=1S/C14H13N3O2.HI/c15-13(18)10-17-8-4-5-11(9-17)14(19)16-12-6-2-1-3-7-12;/h1-9H,10H2,(H2-,15,16,18,19);1H. The fourth-order valence-corrected chi connectivity index (χ4v) is 1.66. The first-order valence-corrected chi connectivity index (χ1v) is 5.79. The second-order valence-electron chi connectivity index (χ2n) is 4.05. The zero-order chi connectivity index (χ0) is 13.7. The summed E-state index contributed by atoms with van der Waals surface area (Å²) in [4.78, 5) is 22.9. The van der Waals surface area contributed by atoms with Gasteiger partial charge in [-0.15, -0.1) is 0 Å². The summed E-state index contributed by atoms with van der Waals surface area (Å²) in [6.45, 7) is 0.0481. The highest BCUT2D eigenvalue weighted by atomic mass is 127. The van der Waals surface area contributed by atoms with Crippen molar-refractivity contribution in [3.63, 3.8) is 0 Å². The van der Waals surface area contributed by atoms with Gasteiger partial charge in [-0.2, -0.15) is 4.57 Å². The van der Waals surface area contributed by atoms with Gasteiger partial charge in [-0.25, -0.2) is 0 Å². The molecule has 104 valence electrons. The number of halogens is 1. The maximum absolute atomic E-state index is 12.0. The number of hydrogen-bond acceptors (Lipinski definition) is 2. The highest BCUT2D eigenvalue weighted by Gasteiger charge is 2.12. The van der Waals surface area contributed by atoms with Crippen LogP contribution in [0.25, 0.3) is 0 Å². The summed E-state index contributed by atoms with van der Waals surface area (Å²) in [5.74, 6) is -0.685. The number of rotatable bonds is 4. The lowest BCUT2D eigenvalue weighted by Crippen LogP contribution is -3.00. The summed E-state index contributed by atoms with van der Waals surface area (Å²) in [6, 6.07) is 12.5. The first kappa shape index (κ1) is 16.1. The molecular formula is C14H14IN3O2. The van der Waals surface area contributed by atoms with Gasteiger partial charge in [0.1, 0.15) is 5.56 Å². The van der Waals surface area contributed by atoms with E-state index in [9.17, 15) is 9.59 Å². The van der Waals surface area contributed by atoms with Crippen molar-refractivity contribution in [3.8, 4) is 0 Å². The molecule has 0 aliphatic rings. The van der Waals surface area contributed by atoms with E-state index >= 15 is 0 Å². The summed E-state index contributed by atoms with van der Waals surface area (Å²) < 4.78 is 1.57. The lowest BCUT2D eigenvalue weighted by molar-refractivity contribution is -0.684. The number of para-hydroxylation sites is 1. The second-order valence-corrected chi connectivity index (χ2v) is 4.05. The molecule has 0 bridgehead atoms. The Balaban J connectivity index is 0.00000200. The Hall–Kier alpha value is -1.96. The van der Waals surface area contributed by atoms with Crippen LogP contribution in [0, 0.1) is 0 Å². The minimum absolute atomic E-state index is 0.